The van der Waals surface area contributed by atoms with Gasteiger partial charge in [-0.3, -0.25) is 14.4 Å². The number of rotatable bonds is 9. The average Bonchev–Trinajstić information content (AvgIpc) is 3.42. The predicted octanol–water partition coefficient (Wildman–Crippen LogP) is 3.58. The summed E-state index contributed by atoms with van der Waals surface area (Å²) >= 11 is 6.92. The summed E-state index contributed by atoms with van der Waals surface area (Å²) in [5.74, 6) is -1.33. The summed E-state index contributed by atoms with van der Waals surface area (Å²) in [6, 6.07) is 8.78. The molecule has 3 rings (SSSR count). The molecule has 7 nitrogen and oxygen atoms in total. The molecule has 0 atom stereocenters. The lowest BCUT2D eigenvalue weighted by atomic mass is 10.1. The van der Waals surface area contributed by atoms with Crippen molar-refractivity contribution in [3.63, 3.8) is 0 Å². The molecule has 10 heteroatoms. The van der Waals surface area contributed by atoms with Crippen molar-refractivity contribution in [2.45, 2.75) is 30.6 Å². The van der Waals surface area contributed by atoms with Crippen LogP contribution in [0.3, 0.4) is 0 Å². The zero-order chi connectivity index (χ0) is 21.7. The van der Waals surface area contributed by atoms with Crippen LogP contribution in [0.4, 0.5) is 0 Å². The molecule has 0 N–H and O–H groups in total. The number of thiophene rings is 1. The van der Waals surface area contributed by atoms with Gasteiger partial charge in [0.15, 0.2) is 18.2 Å². The Morgan fingerprint density at radius 2 is 1.63 bits per heavy atom. The summed E-state index contributed by atoms with van der Waals surface area (Å²) in [5, 5.41) is 0. The zero-order valence-corrected chi connectivity index (χ0v) is 18.4. The Balaban J connectivity index is 1.48. The molecule has 1 aliphatic heterocycles. The number of carbonyl (C=O) groups excluding carboxylic acids is 3. The van der Waals surface area contributed by atoms with Crippen LogP contribution in [0.1, 0.15) is 45.7 Å². The Kier molecular flexibility index (Phi) is 7.41. The van der Waals surface area contributed by atoms with E-state index in [9.17, 15) is 22.8 Å². The van der Waals surface area contributed by atoms with Crippen molar-refractivity contribution in [3.05, 3.63) is 51.2 Å². The number of ketones is 2. The minimum Gasteiger partial charge on any atom is -0.457 e. The maximum absolute atomic E-state index is 12.5. The standard InChI is InChI=1S/C20H20ClNO6S2/c21-19-9-8-18(29-19)16(23)7-10-20(25)28-13-17(24)14-3-5-15(6-4-14)30(26,27)22-11-1-2-12-22/h3-6,8-9H,1-2,7,10-13H2. The second-order valence-corrected chi connectivity index (χ2v) is 10.4. The van der Waals surface area contributed by atoms with E-state index in [0.717, 1.165) is 24.2 Å². The van der Waals surface area contributed by atoms with Crippen molar-refractivity contribution in [2.24, 2.45) is 0 Å². The summed E-state index contributed by atoms with van der Waals surface area (Å²) in [6.45, 7) is 0.526. The third-order valence-corrected chi connectivity index (χ3v) is 7.83. The van der Waals surface area contributed by atoms with Crippen molar-refractivity contribution >= 4 is 50.5 Å². The van der Waals surface area contributed by atoms with Crippen molar-refractivity contribution in [3.8, 4) is 0 Å². The Labute approximate surface area is 183 Å². The molecule has 2 aromatic rings. The molecular weight excluding hydrogens is 450 g/mol. The molecule has 0 amide bonds. The molecule has 1 saturated heterocycles. The Hall–Kier alpha value is -2.07. The van der Waals surface area contributed by atoms with Gasteiger partial charge >= 0.3 is 5.97 Å². The van der Waals surface area contributed by atoms with Gasteiger partial charge in [0.25, 0.3) is 0 Å². The summed E-state index contributed by atoms with van der Waals surface area (Å²) in [4.78, 5) is 36.6. The third kappa shape index (κ3) is 5.54. The number of benzene rings is 1. The molecule has 0 aliphatic carbocycles. The fraction of sp³-hybridized carbons (Fsp3) is 0.350. The molecular formula is C20H20ClNO6S2. The highest BCUT2D eigenvalue weighted by Gasteiger charge is 2.27. The Morgan fingerprint density at radius 1 is 0.967 bits per heavy atom. The Bertz CT molecular complexity index is 1040. The van der Waals surface area contributed by atoms with Gasteiger partial charge in [-0.2, -0.15) is 4.31 Å². The number of nitrogens with zero attached hydrogens (tertiary/aromatic N) is 1. The smallest absolute Gasteiger partial charge is 0.306 e. The van der Waals surface area contributed by atoms with Gasteiger partial charge in [-0.05, 0) is 49.2 Å². The first-order valence-electron chi connectivity index (χ1n) is 9.35. The van der Waals surface area contributed by atoms with E-state index in [1.807, 2.05) is 0 Å². The van der Waals surface area contributed by atoms with Crippen LogP contribution in [-0.2, 0) is 19.6 Å². The van der Waals surface area contributed by atoms with Crippen molar-refractivity contribution in [1.82, 2.24) is 4.31 Å². The first kappa shape index (κ1) is 22.6. The fourth-order valence-electron chi connectivity index (χ4n) is 2.99. The lowest BCUT2D eigenvalue weighted by Gasteiger charge is -2.15. The van der Waals surface area contributed by atoms with Crippen molar-refractivity contribution in [1.29, 1.82) is 0 Å². The summed E-state index contributed by atoms with van der Waals surface area (Å²) in [7, 11) is -3.55. The van der Waals surface area contributed by atoms with Crippen molar-refractivity contribution < 1.29 is 27.5 Å². The maximum Gasteiger partial charge on any atom is 0.306 e. The summed E-state index contributed by atoms with van der Waals surface area (Å²) in [5.41, 5.74) is 0.243. The van der Waals surface area contributed by atoms with Crippen LogP contribution >= 0.6 is 22.9 Å². The minimum absolute atomic E-state index is 0.0348. The molecule has 1 aromatic carbocycles. The molecule has 2 heterocycles. The molecule has 0 saturated carbocycles. The quantitative estimate of drug-likeness (QED) is 0.411. The van der Waals surface area contributed by atoms with Crippen LogP contribution < -0.4 is 0 Å². The minimum atomic E-state index is -3.55. The van der Waals surface area contributed by atoms with Crippen LogP contribution in [0.25, 0.3) is 0 Å². The highest BCUT2D eigenvalue weighted by Crippen LogP contribution is 2.23. The monoisotopic (exact) mass is 469 g/mol. The Morgan fingerprint density at radius 3 is 2.23 bits per heavy atom. The van der Waals surface area contributed by atoms with Gasteiger partial charge in [-0.1, -0.05) is 11.6 Å². The first-order chi connectivity index (χ1) is 14.3. The molecule has 1 fully saturated rings. The normalized spacial score (nSPS) is 14.6. The van der Waals surface area contributed by atoms with Gasteiger partial charge in [0.2, 0.25) is 10.0 Å². The van der Waals surface area contributed by atoms with Crippen LogP contribution in [0, 0.1) is 0 Å². The molecule has 1 aromatic heterocycles. The molecule has 0 radical (unpaired) electrons. The number of sulfonamides is 1. The van der Waals surface area contributed by atoms with Gasteiger partial charge in [0.1, 0.15) is 0 Å². The SMILES string of the molecule is O=C(CCC(=O)c1ccc(Cl)s1)OCC(=O)c1ccc(S(=O)(=O)N2CCCC2)cc1. The van der Waals surface area contributed by atoms with Gasteiger partial charge in [-0.15, -0.1) is 11.3 Å². The second kappa shape index (κ2) is 9.82. The maximum atomic E-state index is 12.5. The zero-order valence-electron chi connectivity index (χ0n) is 16.0. The number of carbonyl (C=O) groups is 3. The number of hydrogen-bond acceptors (Lipinski definition) is 7. The van der Waals surface area contributed by atoms with Gasteiger partial charge in [-0.25, -0.2) is 8.42 Å². The number of hydrogen-bond donors (Lipinski definition) is 0. The lowest BCUT2D eigenvalue weighted by Crippen LogP contribution is -2.27. The third-order valence-electron chi connectivity index (χ3n) is 4.65. The van der Waals surface area contributed by atoms with E-state index < -0.39 is 28.4 Å². The number of halogens is 1. The molecule has 160 valence electrons. The fourth-order valence-corrected chi connectivity index (χ4v) is 5.52. The van der Waals surface area contributed by atoms with E-state index in [-0.39, 0.29) is 29.1 Å². The highest BCUT2D eigenvalue weighted by atomic mass is 35.5. The van der Waals surface area contributed by atoms with Gasteiger partial charge < -0.3 is 4.74 Å². The van der Waals surface area contributed by atoms with E-state index in [0.29, 0.717) is 22.3 Å². The summed E-state index contributed by atoms with van der Waals surface area (Å²) in [6.07, 6.45) is 1.50. The van der Waals surface area contributed by atoms with E-state index >= 15 is 0 Å². The van der Waals surface area contributed by atoms with Crippen LogP contribution in [0.2, 0.25) is 4.34 Å². The molecule has 0 bridgehead atoms. The number of esters is 1. The van der Waals surface area contributed by atoms with Crippen LogP contribution in [0.15, 0.2) is 41.3 Å². The first-order valence-corrected chi connectivity index (χ1v) is 12.0. The van der Waals surface area contributed by atoms with Crippen LogP contribution in [0.5, 0.6) is 0 Å². The van der Waals surface area contributed by atoms with Gasteiger partial charge in [0.05, 0.1) is 20.5 Å². The van der Waals surface area contributed by atoms with E-state index in [1.54, 1.807) is 12.1 Å². The van der Waals surface area contributed by atoms with Gasteiger partial charge in [0, 0.05) is 25.1 Å². The number of Topliss-reactive ketones (excluding diaryl/α,β-unsaturated/α-hetero) is 2. The second-order valence-electron chi connectivity index (χ2n) is 6.75. The van der Waals surface area contributed by atoms with Crippen molar-refractivity contribution in [2.75, 3.05) is 19.7 Å². The van der Waals surface area contributed by atoms with E-state index in [2.05, 4.69) is 0 Å². The average molecular weight is 470 g/mol. The van der Waals surface area contributed by atoms with Crippen LogP contribution in [-0.4, -0.2) is 50.0 Å². The largest absolute Gasteiger partial charge is 0.457 e. The lowest BCUT2D eigenvalue weighted by molar-refractivity contribution is -0.142. The predicted molar refractivity (Wildman–Crippen MR) is 113 cm³/mol. The number of ether oxygens (including phenoxy) is 1. The topological polar surface area (TPSA) is 97.8 Å². The van der Waals surface area contributed by atoms with E-state index in [4.69, 9.17) is 16.3 Å². The summed E-state index contributed by atoms with van der Waals surface area (Å²) < 4.78 is 31.9. The molecule has 0 unspecified atom stereocenters. The molecule has 1 aliphatic rings. The highest BCUT2D eigenvalue weighted by molar-refractivity contribution is 7.89. The molecule has 30 heavy (non-hydrogen) atoms. The van der Waals surface area contributed by atoms with E-state index in [1.165, 1.54) is 28.6 Å². The molecule has 0 spiro atoms.